The summed E-state index contributed by atoms with van der Waals surface area (Å²) >= 11 is 1.55. The predicted molar refractivity (Wildman–Crippen MR) is 93.5 cm³/mol. The van der Waals surface area contributed by atoms with E-state index in [1.54, 1.807) is 23.5 Å². The lowest BCUT2D eigenvalue weighted by Gasteiger charge is -2.21. The maximum Gasteiger partial charge on any atom is 0.239 e. The third-order valence-electron chi connectivity index (χ3n) is 3.66. The minimum Gasteiger partial charge on any atom is -0.350 e. The van der Waals surface area contributed by atoms with E-state index in [0.717, 1.165) is 21.6 Å². The Balaban J connectivity index is 1.65. The summed E-state index contributed by atoms with van der Waals surface area (Å²) in [5, 5.41) is 5.77. The third kappa shape index (κ3) is 3.68. The minimum atomic E-state index is -0.286. The Hall–Kier alpha value is -2.54. The number of hydrogen-bond acceptors (Lipinski definition) is 5. The Morgan fingerprint density at radius 3 is 2.79 bits per heavy atom. The fraction of sp³-hybridized carbons (Fsp3) is 0.235. The smallest absolute Gasteiger partial charge is 0.239 e. The second-order valence-electron chi connectivity index (χ2n) is 5.25. The van der Waals surface area contributed by atoms with Crippen LogP contribution in [0.2, 0.25) is 0 Å². The van der Waals surface area contributed by atoms with Gasteiger partial charge >= 0.3 is 0 Å². The van der Waals surface area contributed by atoms with Gasteiger partial charge in [-0.3, -0.25) is 4.79 Å². The van der Waals surface area contributed by atoms with Crippen molar-refractivity contribution in [2.75, 3.05) is 18.0 Å². The molecule has 124 valence electrons. The maximum absolute atomic E-state index is 12.9. The van der Waals surface area contributed by atoms with Gasteiger partial charge in [-0.1, -0.05) is 12.1 Å². The number of anilines is 1. The minimum absolute atomic E-state index is 0.108. The molecule has 0 radical (unpaired) electrons. The molecule has 1 amide bonds. The van der Waals surface area contributed by atoms with Crippen molar-refractivity contribution in [1.82, 2.24) is 15.3 Å². The number of fused-ring (bicyclic) bond motifs is 1. The average Bonchev–Trinajstić information content (AvgIpc) is 3.08. The molecular weight excluding hydrogens is 327 g/mol. The van der Waals surface area contributed by atoms with Gasteiger partial charge in [-0.25, -0.2) is 14.4 Å². The number of likely N-dealkylation sites (N-methyl/N-ethyl adjacent to an activating group) is 1. The van der Waals surface area contributed by atoms with Crippen LogP contribution in [0.15, 0.2) is 42.0 Å². The van der Waals surface area contributed by atoms with Gasteiger partial charge in [-0.15, -0.1) is 11.3 Å². The summed E-state index contributed by atoms with van der Waals surface area (Å²) in [5.74, 6) is 0.370. The summed E-state index contributed by atoms with van der Waals surface area (Å²) in [5.41, 5.74) is 0.857. The van der Waals surface area contributed by atoms with Gasteiger partial charge in [0.2, 0.25) is 5.91 Å². The lowest BCUT2D eigenvalue weighted by molar-refractivity contribution is -0.119. The summed E-state index contributed by atoms with van der Waals surface area (Å²) in [6, 6.07) is 8.05. The number of nitrogens with one attached hydrogen (secondary N) is 1. The zero-order valence-corrected chi connectivity index (χ0v) is 14.0. The molecule has 0 aliphatic heterocycles. The number of nitrogens with zero attached hydrogens (tertiary/aromatic N) is 3. The fourth-order valence-electron chi connectivity index (χ4n) is 2.40. The number of carbonyl (C=O) groups is 1. The first-order chi connectivity index (χ1) is 11.7. The zero-order chi connectivity index (χ0) is 16.9. The highest BCUT2D eigenvalue weighted by atomic mass is 32.1. The van der Waals surface area contributed by atoms with Crippen molar-refractivity contribution in [2.45, 2.75) is 13.5 Å². The molecule has 1 N–H and O–H groups in total. The molecule has 0 unspecified atom stereocenters. The maximum atomic E-state index is 12.9. The van der Waals surface area contributed by atoms with Crippen molar-refractivity contribution in [1.29, 1.82) is 0 Å². The van der Waals surface area contributed by atoms with E-state index in [0.29, 0.717) is 13.1 Å². The Morgan fingerprint density at radius 2 is 2.04 bits per heavy atom. The van der Waals surface area contributed by atoms with Gasteiger partial charge < -0.3 is 10.2 Å². The van der Waals surface area contributed by atoms with E-state index in [9.17, 15) is 9.18 Å². The van der Waals surface area contributed by atoms with Gasteiger partial charge in [-0.2, -0.15) is 0 Å². The van der Waals surface area contributed by atoms with Crippen LogP contribution in [0.3, 0.4) is 0 Å². The second-order valence-corrected chi connectivity index (χ2v) is 6.15. The molecule has 7 heteroatoms. The quantitative estimate of drug-likeness (QED) is 0.747. The van der Waals surface area contributed by atoms with Crippen molar-refractivity contribution in [2.24, 2.45) is 0 Å². The largest absolute Gasteiger partial charge is 0.350 e. The first-order valence-electron chi connectivity index (χ1n) is 7.61. The number of rotatable bonds is 6. The van der Waals surface area contributed by atoms with E-state index < -0.39 is 0 Å². The zero-order valence-electron chi connectivity index (χ0n) is 13.2. The van der Waals surface area contributed by atoms with Crippen LogP contribution in [0, 0.1) is 5.82 Å². The fourth-order valence-corrected chi connectivity index (χ4v) is 3.12. The van der Waals surface area contributed by atoms with E-state index in [-0.39, 0.29) is 18.3 Å². The molecule has 0 fully saturated rings. The number of aromatic nitrogens is 2. The monoisotopic (exact) mass is 344 g/mol. The van der Waals surface area contributed by atoms with Crippen molar-refractivity contribution < 1.29 is 9.18 Å². The molecule has 24 heavy (non-hydrogen) atoms. The predicted octanol–water partition coefficient (Wildman–Crippen LogP) is 2.97. The van der Waals surface area contributed by atoms with E-state index in [2.05, 4.69) is 15.3 Å². The molecule has 0 bridgehead atoms. The Morgan fingerprint density at radius 1 is 1.25 bits per heavy atom. The van der Waals surface area contributed by atoms with Crippen molar-refractivity contribution in [3.63, 3.8) is 0 Å². The van der Waals surface area contributed by atoms with E-state index in [1.165, 1.54) is 18.5 Å². The lowest BCUT2D eigenvalue weighted by atomic mass is 10.2. The molecular formula is C17H17FN4OS. The summed E-state index contributed by atoms with van der Waals surface area (Å²) < 4.78 is 12.9. The molecule has 0 atom stereocenters. The number of halogens is 1. The molecule has 0 aliphatic carbocycles. The highest BCUT2D eigenvalue weighted by Gasteiger charge is 2.15. The third-order valence-corrected chi connectivity index (χ3v) is 4.48. The molecule has 3 aromatic rings. The Labute approximate surface area is 143 Å². The molecule has 2 heterocycles. The molecule has 3 rings (SSSR count). The summed E-state index contributed by atoms with van der Waals surface area (Å²) in [6.07, 6.45) is 1.52. The molecule has 1 aromatic carbocycles. The van der Waals surface area contributed by atoms with Crippen LogP contribution in [-0.2, 0) is 11.3 Å². The lowest BCUT2D eigenvalue weighted by Crippen LogP contribution is -2.37. The van der Waals surface area contributed by atoms with E-state index >= 15 is 0 Å². The van der Waals surface area contributed by atoms with Crippen molar-refractivity contribution >= 4 is 33.3 Å². The van der Waals surface area contributed by atoms with Crippen LogP contribution in [0.5, 0.6) is 0 Å². The molecule has 5 nitrogen and oxygen atoms in total. The summed E-state index contributed by atoms with van der Waals surface area (Å²) in [6.45, 7) is 3.22. The van der Waals surface area contributed by atoms with Gasteiger partial charge in [0, 0.05) is 13.1 Å². The first-order valence-corrected chi connectivity index (χ1v) is 8.49. The van der Waals surface area contributed by atoms with Crippen LogP contribution in [0.25, 0.3) is 10.2 Å². The van der Waals surface area contributed by atoms with Gasteiger partial charge in [-0.05, 0) is 36.1 Å². The molecule has 0 saturated heterocycles. The number of thiophene rings is 1. The van der Waals surface area contributed by atoms with Crippen molar-refractivity contribution in [3.05, 3.63) is 53.4 Å². The molecule has 0 aliphatic rings. The van der Waals surface area contributed by atoms with Crippen LogP contribution in [0.1, 0.15) is 12.5 Å². The number of hydrogen-bond donors (Lipinski definition) is 1. The van der Waals surface area contributed by atoms with Crippen LogP contribution in [-0.4, -0.2) is 29.0 Å². The van der Waals surface area contributed by atoms with Gasteiger partial charge in [0.1, 0.15) is 22.8 Å². The summed E-state index contributed by atoms with van der Waals surface area (Å²) in [4.78, 5) is 23.6. The molecule has 0 saturated carbocycles. The number of amides is 1. The highest BCUT2D eigenvalue weighted by molar-refractivity contribution is 7.16. The van der Waals surface area contributed by atoms with Gasteiger partial charge in [0.25, 0.3) is 0 Å². The second kappa shape index (κ2) is 7.35. The molecule has 0 spiro atoms. The van der Waals surface area contributed by atoms with Crippen LogP contribution in [0.4, 0.5) is 10.2 Å². The van der Waals surface area contributed by atoms with Crippen molar-refractivity contribution in [3.8, 4) is 0 Å². The van der Waals surface area contributed by atoms with Crippen LogP contribution < -0.4 is 10.2 Å². The first kappa shape index (κ1) is 16.3. The standard InChI is InChI=1S/C17H17FN4OS/c1-2-22(16-14-7-8-24-17(14)21-11-20-16)10-15(23)19-9-12-3-5-13(18)6-4-12/h3-8,11H,2,9-10H2,1H3,(H,19,23). The Kier molecular flexibility index (Phi) is 5.00. The van der Waals surface area contributed by atoms with E-state index in [1.807, 2.05) is 23.3 Å². The SMILES string of the molecule is CCN(CC(=O)NCc1ccc(F)cc1)c1ncnc2sccc12. The normalized spacial score (nSPS) is 10.8. The Bertz CT molecular complexity index is 834. The topological polar surface area (TPSA) is 58.1 Å². The highest BCUT2D eigenvalue weighted by Crippen LogP contribution is 2.26. The van der Waals surface area contributed by atoms with E-state index in [4.69, 9.17) is 0 Å². The van der Waals surface area contributed by atoms with Gasteiger partial charge in [0.15, 0.2) is 0 Å². The number of carbonyl (C=O) groups excluding carboxylic acids is 1. The summed E-state index contributed by atoms with van der Waals surface area (Å²) in [7, 11) is 0. The number of benzene rings is 1. The molecule has 2 aromatic heterocycles. The van der Waals surface area contributed by atoms with Gasteiger partial charge in [0.05, 0.1) is 11.9 Å². The van der Waals surface area contributed by atoms with Crippen LogP contribution >= 0.6 is 11.3 Å². The average molecular weight is 344 g/mol.